The number of hydrogen-bond donors (Lipinski definition) is 1. The maximum atomic E-state index is 12.4. The third-order valence-electron chi connectivity index (χ3n) is 3.48. The van der Waals surface area contributed by atoms with Gasteiger partial charge in [-0.2, -0.15) is 0 Å². The number of methoxy groups -OCH3 is 1. The maximum Gasteiger partial charge on any atom is 0.350 e. The predicted molar refractivity (Wildman–Crippen MR) is 82.1 cm³/mol. The third-order valence-corrected chi connectivity index (χ3v) is 4.58. The molecule has 1 aliphatic heterocycles. The lowest BCUT2D eigenvalue weighted by molar-refractivity contribution is 0.0299. The molecule has 1 aliphatic rings. The highest BCUT2D eigenvalue weighted by molar-refractivity contribution is 7.21. The molecule has 8 heteroatoms. The van der Waals surface area contributed by atoms with E-state index in [4.69, 9.17) is 15.2 Å². The van der Waals surface area contributed by atoms with Crippen molar-refractivity contribution in [1.29, 1.82) is 0 Å². The number of rotatable bonds is 2. The highest BCUT2D eigenvalue weighted by atomic mass is 32.1. The van der Waals surface area contributed by atoms with Crippen molar-refractivity contribution in [1.82, 2.24) is 9.88 Å². The lowest BCUT2D eigenvalue weighted by Gasteiger charge is -2.26. The first-order valence-electron chi connectivity index (χ1n) is 6.76. The van der Waals surface area contributed by atoms with Crippen LogP contribution in [0, 0.1) is 0 Å². The van der Waals surface area contributed by atoms with Crippen LogP contribution in [0.25, 0.3) is 10.2 Å². The molecule has 0 aromatic carbocycles. The van der Waals surface area contributed by atoms with Crippen LogP contribution in [0.5, 0.6) is 0 Å². The summed E-state index contributed by atoms with van der Waals surface area (Å²) in [5, 5.41) is 0.656. The highest BCUT2D eigenvalue weighted by Gasteiger charge is 2.22. The van der Waals surface area contributed by atoms with E-state index in [1.807, 2.05) is 0 Å². The van der Waals surface area contributed by atoms with Gasteiger partial charge >= 0.3 is 5.97 Å². The molecule has 0 saturated carbocycles. The fraction of sp³-hybridized carbons (Fsp3) is 0.357. The van der Waals surface area contributed by atoms with Crippen molar-refractivity contribution in [3.63, 3.8) is 0 Å². The Morgan fingerprint density at radius 2 is 2.09 bits per heavy atom. The van der Waals surface area contributed by atoms with Gasteiger partial charge < -0.3 is 20.1 Å². The summed E-state index contributed by atoms with van der Waals surface area (Å²) in [5.41, 5.74) is 6.62. The van der Waals surface area contributed by atoms with E-state index in [1.165, 1.54) is 7.11 Å². The molecule has 0 bridgehead atoms. The van der Waals surface area contributed by atoms with Crippen LogP contribution in [-0.4, -0.2) is 55.2 Å². The Kier molecular flexibility index (Phi) is 3.95. The molecule has 0 radical (unpaired) electrons. The van der Waals surface area contributed by atoms with Gasteiger partial charge in [-0.05, 0) is 12.1 Å². The number of nitrogens with zero attached hydrogens (tertiary/aromatic N) is 2. The molecule has 0 spiro atoms. The summed E-state index contributed by atoms with van der Waals surface area (Å²) in [6, 6.07) is 3.35. The summed E-state index contributed by atoms with van der Waals surface area (Å²) in [6.07, 6.45) is 0. The summed E-state index contributed by atoms with van der Waals surface area (Å²) in [5.74, 6) is -0.640. The molecular formula is C14H15N3O4S. The van der Waals surface area contributed by atoms with Crippen LogP contribution < -0.4 is 5.73 Å². The molecule has 7 nitrogen and oxygen atoms in total. The van der Waals surface area contributed by atoms with Gasteiger partial charge in [0, 0.05) is 18.5 Å². The Bertz CT molecular complexity index is 737. The van der Waals surface area contributed by atoms with Gasteiger partial charge in [0.05, 0.1) is 26.0 Å². The maximum absolute atomic E-state index is 12.4. The monoisotopic (exact) mass is 321 g/mol. The second kappa shape index (κ2) is 5.90. The summed E-state index contributed by atoms with van der Waals surface area (Å²) >= 11 is 1.13. The molecule has 2 N–H and O–H groups in total. The van der Waals surface area contributed by atoms with Gasteiger partial charge in [0.15, 0.2) is 0 Å². The van der Waals surface area contributed by atoms with Crippen molar-refractivity contribution in [3.05, 3.63) is 22.7 Å². The molecule has 116 valence electrons. The Morgan fingerprint density at radius 1 is 1.36 bits per heavy atom. The largest absolute Gasteiger partial charge is 0.465 e. The van der Waals surface area contributed by atoms with Gasteiger partial charge in [-0.1, -0.05) is 0 Å². The number of aromatic nitrogens is 1. The lowest BCUT2D eigenvalue weighted by Crippen LogP contribution is -2.41. The van der Waals surface area contributed by atoms with E-state index in [2.05, 4.69) is 4.98 Å². The number of carbonyl (C=O) groups excluding carboxylic acids is 2. The fourth-order valence-corrected chi connectivity index (χ4v) is 3.30. The molecule has 22 heavy (non-hydrogen) atoms. The average Bonchev–Trinajstić information content (AvgIpc) is 2.90. The summed E-state index contributed by atoms with van der Waals surface area (Å²) in [7, 11) is 1.30. The Labute approximate surface area is 130 Å². The van der Waals surface area contributed by atoms with Crippen LogP contribution >= 0.6 is 11.3 Å². The van der Waals surface area contributed by atoms with E-state index in [0.717, 1.165) is 11.3 Å². The van der Waals surface area contributed by atoms with Gasteiger partial charge in [0.1, 0.15) is 15.4 Å². The molecule has 0 unspecified atom stereocenters. The number of hydrogen-bond acceptors (Lipinski definition) is 7. The number of morpholine rings is 1. The Balaban J connectivity index is 1.95. The lowest BCUT2D eigenvalue weighted by atomic mass is 10.2. The standard InChI is InChI=1S/C14H15N3O4S/c1-20-14(19)11-10(15)8-2-3-9(16-12(8)22-11)13(18)17-4-6-21-7-5-17/h2-3H,4-7,15H2,1H3. The zero-order chi connectivity index (χ0) is 15.7. The van der Waals surface area contributed by atoms with Crippen molar-refractivity contribution in [2.45, 2.75) is 0 Å². The minimum absolute atomic E-state index is 0.142. The number of nitrogens with two attached hydrogens (primary N) is 1. The second-order valence-corrected chi connectivity index (χ2v) is 5.79. The van der Waals surface area contributed by atoms with E-state index in [0.29, 0.717) is 52.8 Å². The van der Waals surface area contributed by atoms with Gasteiger partial charge in [-0.15, -0.1) is 11.3 Å². The zero-order valence-electron chi connectivity index (χ0n) is 12.0. The number of carbonyl (C=O) groups is 2. The molecule has 2 aromatic heterocycles. The topological polar surface area (TPSA) is 94.8 Å². The normalized spacial score (nSPS) is 15.0. The summed E-state index contributed by atoms with van der Waals surface area (Å²) in [4.78, 5) is 31.0. The van der Waals surface area contributed by atoms with Crippen molar-refractivity contribution in [2.24, 2.45) is 0 Å². The quantitative estimate of drug-likeness (QED) is 0.833. The van der Waals surface area contributed by atoms with E-state index in [1.54, 1.807) is 17.0 Å². The van der Waals surface area contributed by atoms with Crippen LogP contribution in [0.3, 0.4) is 0 Å². The van der Waals surface area contributed by atoms with Gasteiger partial charge in [0.25, 0.3) is 5.91 Å². The number of thiophene rings is 1. The van der Waals surface area contributed by atoms with Crippen LogP contribution in [0.1, 0.15) is 20.2 Å². The van der Waals surface area contributed by atoms with E-state index >= 15 is 0 Å². The number of amides is 1. The van der Waals surface area contributed by atoms with Crippen molar-refractivity contribution >= 4 is 39.1 Å². The van der Waals surface area contributed by atoms with E-state index < -0.39 is 5.97 Å². The van der Waals surface area contributed by atoms with E-state index in [9.17, 15) is 9.59 Å². The molecule has 2 aromatic rings. The number of anilines is 1. The molecule has 1 saturated heterocycles. The molecule has 0 atom stereocenters. The Hall–Kier alpha value is -2.19. The van der Waals surface area contributed by atoms with Crippen LogP contribution in [0.4, 0.5) is 5.69 Å². The smallest absolute Gasteiger partial charge is 0.350 e. The van der Waals surface area contributed by atoms with Crippen LogP contribution in [0.15, 0.2) is 12.1 Å². The van der Waals surface area contributed by atoms with Crippen molar-refractivity contribution < 1.29 is 19.1 Å². The van der Waals surface area contributed by atoms with Gasteiger partial charge in [0.2, 0.25) is 0 Å². The molecule has 0 aliphatic carbocycles. The SMILES string of the molecule is COC(=O)c1sc2nc(C(=O)N3CCOCC3)ccc2c1N. The fourth-order valence-electron chi connectivity index (χ4n) is 2.29. The molecule has 3 rings (SSSR count). The van der Waals surface area contributed by atoms with Gasteiger partial charge in [-0.25, -0.2) is 9.78 Å². The molecule has 3 heterocycles. The van der Waals surface area contributed by atoms with Crippen LogP contribution in [-0.2, 0) is 9.47 Å². The molecule has 1 fully saturated rings. The number of nitrogen functional groups attached to an aromatic ring is 1. The first kappa shape index (κ1) is 14.7. The predicted octanol–water partition coefficient (Wildman–Crippen LogP) is 1.14. The summed E-state index contributed by atoms with van der Waals surface area (Å²) in [6.45, 7) is 2.18. The number of esters is 1. The summed E-state index contributed by atoms with van der Waals surface area (Å²) < 4.78 is 9.93. The Morgan fingerprint density at radius 3 is 2.77 bits per heavy atom. The minimum Gasteiger partial charge on any atom is -0.465 e. The van der Waals surface area contributed by atoms with E-state index in [-0.39, 0.29) is 5.91 Å². The first-order valence-corrected chi connectivity index (χ1v) is 7.58. The first-order chi connectivity index (χ1) is 10.6. The number of pyridine rings is 1. The average molecular weight is 321 g/mol. The minimum atomic E-state index is -0.499. The second-order valence-electron chi connectivity index (χ2n) is 4.79. The van der Waals surface area contributed by atoms with Gasteiger partial charge in [-0.3, -0.25) is 4.79 Å². The highest BCUT2D eigenvalue weighted by Crippen LogP contribution is 2.33. The third kappa shape index (κ3) is 2.51. The number of ether oxygens (including phenoxy) is 2. The van der Waals surface area contributed by atoms with Crippen LogP contribution in [0.2, 0.25) is 0 Å². The molecule has 1 amide bonds. The van der Waals surface area contributed by atoms with Crippen molar-refractivity contribution in [3.8, 4) is 0 Å². The molecular weight excluding hydrogens is 306 g/mol. The zero-order valence-corrected chi connectivity index (χ0v) is 12.8. The number of fused-ring (bicyclic) bond motifs is 1. The van der Waals surface area contributed by atoms with Crippen molar-refractivity contribution in [2.75, 3.05) is 39.1 Å².